The molecule has 1 aliphatic carbocycles. The summed E-state index contributed by atoms with van der Waals surface area (Å²) in [7, 11) is 0. The molecule has 0 amide bonds. The maximum absolute atomic E-state index is 10.8. The molecular formula is C17H16BrN3O4S. The number of fused-ring (bicyclic) bond motifs is 1. The molecule has 136 valence electrons. The van der Waals surface area contributed by atoms with E-state index >= 15 is 0 Å². The van der Waals surface area contributed by atoms with Gasteiger partial charge in [0.25, 0.3) is 0 Å². The van der Waals surface area contributed by atoms with Crippen molar-refractivity contribution in [3.63, 3.8) is 0 Å². The number of aromatic hydroxyl groups is 2. The van der Waals surface area contributed by atoms with Crippen LogP contribution in [-0.4, -0.2) is 40.3 Å². The first-order valence-corrected chi connectivity index (χ1v) is 9.60. The third kappa shape index (κ3) is 2.94. The number of nitrogens with zero attached hydrogens (tertiary/aromatic N) is 3. The fraction of sp³-hybridized carbons (Fsp3) is 0.294. The van der Waals surface area contributed by atoms with Gasteiger partial charge in [-0.2, -0.15) is 0 Å². The van der Waals surface area contributed by atoms with E-state index in [0.717, 1.165) is 23.8 Å². The second-order valence-electron chi connectivity index (χ2n) is 6.40. The Kier molecular flexibility index (Phi) is 4.14. The largest absolute Gasteiger partial charge is 0.504 e. The minimum Gasteiger partial charge on any atom is -0.504 e. The van der Waals surface area contributed by atoms with Gasteiger partial charge >= 0.3 is 0 Å². The predicted octanol–water partition coefficient (Wildman–Crippen LogP) is 3.22. The van der Waals surface area contributed by atoms with E-state index in [9.17, 15) is 20.4 Å². The summed E-state index contributed by atoms with van der Waals surface area (Å²) in [4.78, 5) is 0. The number of aliphatic hydroxyl groups is 2. The molecule has 1 heterocycles. The summed E-state index contributed by atoms with van der Waals surface area (Å²) in [6.07, 6.45) is 1.95. The van der Waals surface area contributed by atoms with E-state index < -0.39 is 5.12 Å². The van der Waals surface area contributed by atoms with E-state index in [2.05, 4.69) is 26.1 Å². The number of halogens is 1. The van der Waals surface area contributed by atoms with Gasteiger partial charge in [-0.15, -0.1) is 10.2 Å². The molecule has 4 N–H and O–H groups in total. The van der Waals surface area contributed by atoms with E-state index in [1.54, 1.807) is 0 Å². The average molecular weight is 438 g/mol. The Bertz CT molecular complexity index is 1010. The first-order chi connectivity index (χ1) is 12.3. The molecule has 0 unspecified atom stereocenters. The van der Waals surface area contributed by atoms with E-state index in [4.69, 9.17) is 0 Å². The van der Waals surface area contributed by atoms with Crippen molar-refractivity contribution in [3.05, 3.63) is 34.6 Å². The lowest BCUT2D eigenvalue weighted by atomic mass is 9.97. The Morgan fingerprint density at radius 2 is 1.77 bits per heavy atom. The number of thioether (sulfide) groups is 1. The van der Waals surface area contributed by atoms with Gasteiger partial charge in [-0.25, -0.2) is 0 Å². The fourth-order valence-corrected chi connectivity index (χ4v) is 4.35. The van der Waals surface area contributed by atoms with Crippen LogP contribution < -0.4 is 0 Å². The third-order valence-electron chi connectivity index (χ3n) is 4.26. The quantitative estimate of drug-likeness (QED) is 0.281. The number of phenolic OH excluding ortho intramolecular Hbond substituents is 2. The Balaban J connectivity index is 2.04. The zero-order chi connectivity index (χ0) is 18.6. The summed E-state index contributed by atoms with van der Waals surface area (Å²) >= 11 is 3.95. The molecule has 0 spiro atoms. The van der Waals surface area contributed by atoms with E-state index in [1.165, 1.54) is 11.5 Å². The SMILES string of the molecule is CC(O)(O)Sc1nnc(Br)n1-c1c(O)c(O)c(C2CC2)c2ccccc12. The van der Waals surface area contributed by atoms with Gasteiger partial charge in [0, 0.05) is 17.9 Å². The van der Waals surface area contributed by atoms with Crippen LogP contribution in [0.1, 0.15) is 31.2 Å². The lowest BCUT2D eigenvalue weighted by Gasteiger charge is -2.19. The van der Waals surface area contributed by atoms with Crippen molar-refractivity contribution in [1.82, 2.24) is 14.8 Å². The van der Waals surface area contributed by atoms with Crippen LogP contribution in [-0.2, 0) is 0 Å². The van der Waals surface area contributed by atoms with Crippen molar-refractivity contribution in [2.24, 2.45) is 0 Å². The average Bonchev–Trinajstić information content (AvgIpc) is 3.34. The maximum Gasteiger partial charge on any atom is 0.217 e. The second kappa shape index (κ2) is 6.12. The summed E-state index contributed by atoms with van der Waals surface area (Å²) in [5, 5.41) is 48.4. The Morgan fingerprint density at radius 1 is 1.12 bits per heavy atom. The van der Waals surface area contributed by atoms with Crippen LogP contribution in [0.5, 0.6) is 11.5 Å². The van der Waals surface area contributed by atoms with Crippen LogP contribution in [0.15, 0.2) is 34.2 Å². The topological polar surface area (TPSA) is 112 Å². The highest BCUT2D eigenvalue weighted by molar-refractivity contribution is 9.10. The summed E-state index contributed by atoms with van der Waals surface area (Å²) in [5.41, 5.74) is 1.03. The number of rotatable bonds is 4. The summed E-state index contributed by atoms with van der Waals surface area (Å²) in [6.45, 7) is 1.20. The number of hydrogen-bond acceptors (Lipinski definition) is 7. The first-order valence-electron chi connectivity index (χ1n) is 7.99. The van der Waals surface area contributed by atoms with Gasteiger partial charge in [-0.05, 0) is 51.8 Å². The number of benzene rings is 2. The van der Waals surface area contributed by atoms with Gasteiger partial charge in [-0.1, -0.05) is 24.3 Å². The zero-order valence-corrected chi connectivity index (χ0v) is 16.1. The molecule has 1 saturated carbocycles. The molecule has 1 aromatic heterocycles. The van der Waals surface area contributed by atoms with Crippen LogP contribution >= 0.6 is 27.7 Å². The van der Waals surface area contributed by atoms with Crippen molar-refractivity contribution in [2.45, 2.75) is 36.0 Å². The van der Waals surface area contributed by atoms with Crippen molar-refractivity contribution < 1.29 is 20.4 Å². The molecule has 0 atom stereocenters. The fourth-order valence-electron chi connectivity index (χ4n) is 3.11. The highest BCUT2D eigenvalue weighted by Gasteiger charge is 2.33. The molecule has 1 fully saturated rings. The number of phenols is 2. The number of aromatic nitrogens is 3. The summed E-state index contributed by atoms with van der Waals surface area (Å²) in [5.74, 6) is -0.213. The van der Waals surface area contributed by atoms with Gasteiger partial charge in [0.05, 0.1) is 0 Å². The molecule has 7 nitrogen and oxygen atoms in total. The van der Waals surface area contributed by atoms with Crippen LogP contribution in [0, 0.1) is 0 Å². The number of hydrogen-bond donors (Lipinski definition) is 4. The van der Waals surface area contributed by atoms with Crippen molar-refractivity contribution in [3.8, 4) is 17.2 Å². The molecule has 2 aromatic carbocycles. The highest BCUT2D eigenvalue weighted by atomic mass is 79.9. The second-order valence-corrected chi connectivity index (χ2v) is 8.45. The molecule has 1 aliphatic rings. The molecule has 0 radical (unpaired) electrons. The predicted molar refractivity (Wildman–Crippen MR) is 101 cm³/mol. The van der Waals surface area contributed by atoms with Crippen LogP contribution in [0.3, 0.4) is 0 Å². The van der Waals surface area contributed by atoms with Gasteiger partial charge in [0.2, 0.25) is 15.0 Å². The lowest BCUT2D eigenvalue weighted by Crippen LogP contribution is -2.18. The third-order valence-corrected chi connectivity index (χ3v) is 5.61. The van der Waals surface area contributed by atoms with E-state index in [1.807, 2.05) is 24.3 Å². The first kappa shape index (κ1) is 17.6. The Hall–Kier alpha value is -1.81. The van der Waals surface area contributed by atoms with Gasteiger partial charge in [0.15, 0.2) is 11.5 Å². The smallest absolute Gasteiger partial charge is 0.217 e. The van der Waals surface area contributed by atoms with Gasteiger partial charge in [0.1, 0.15) is 5.69 Å². The van der Waals surface area contributed by atoms with Crippen LogP contribution in [0.2, 0.25) is 0 Å². The molecule has 26 heavy (non-hydrogen) atoms. The zero-order valence-electron chi connectivity index (χ0n) is 13.7. The minimum absolute atomic E-state index is 0.156. The minimum atomic E-state index is -2.08. The lowest BCUT2D eigenvalue weighted by molar-refractivity contribution is -0.0591. The molecule has 3 aromatic rings. The van der Waals surface area contributed by atoms with Crippen molar-refractivity contribution >= 4 is 38.5 Å². The maximum atomic E-state index is 10.8. The Morgan fingerprint density at radius 3 is 2.38 bits per heavy atom. The summed E-state index contributed by atoms with van der Waals surface area (Å²) in [6, 6.07) is 7.46. The van der Waals surface area contributed by atoms with Crippen LogP contribution in [0.25, 0.3) is 16.5 Å². The van der Waals surface area contributed by atoms with Crippen molar-refractivity contribution in [1.29, 1.82) is 0 Å². The van der Waals surface area contributed by atoms with Gasteiger partial charge in [-0.3, -0.25) is 4.57 Å². The van der Waals surface area contributed by atoms with Gasteiger partial charge < -0.3 is 20.4 Å². The summed E-state index contributed by atoms with van der Waals surface area (Å²) < 4.78 is 1.71. The monoisotopic (exact) mass is 437 g/mol. The van der Waals surface area contributed by atoms with Crippen LogP contribution in [0.4, 0.5) is 0 Å². The normalized spacial score (nSPS) is 14.9. The van der Waals surface area contributed by atoms with E-state index in [-0.39, 0.29) is 33.0 Å². The van der Waals surface area contributed by atoms with Crippen molar-refractivity contribution in [2.75, 3.05) is 0 Å². The molecular weight excluding hydrogens is 422 g/mol. The Labute approximate surface area is 161 Å². The standard InChI is InChI=1S/C17H16BrN3O4S/c1-17(24,25)26-16-20-19-15(18)21(16)12-10-5-3-2-4-9(10)11(8-6-7-8)13(22)14(12)23/h2-5,8,22-25H,6-7H2,1H3. The molecule has 0 saturated heterocycles. The highest BCUT2D eigenvalue weighted by Crippen LogP contribution is 2.53. The molecule has 0 aliphatic heterocycles. The molecule has 4 rings (SSSR count). The molecule has 9 heteroatoms. The molecule has 0 bridgehead atoms. The van der Waals surface area contributed by atoms with E-state index in [0.29, 0.717) is 17.1 Å².